The summed E-state index contributed by atoms with van der Waals surface area (Å²) in [5, 5.41) is 2.59. The Balaban J connectivity index is 2.71. The van der Waals surface area contributed by atoms with Crippen LogP contribution in [0.1, 0.15) is 13.3 Å². The van der Waals surface area contributed by atoms with E-state index in [2.05, 4.69) is 10.1 Å². The van der Waals surface area contributed by atoms with Crippen molar-refractivity contribution in [1.82, 2.24) is 0 Å². The van der Waals surface area contributed by atoms with E-state index in [1.54, 1.807) is 13.0 Å². The van der Waals surface area contributed by atoms with Crippen LogP contribution in [0.4, 0.5) is 14.5 Å². The Morgan fingerprint density at radius 3 is 2.50 bits per heavy atom. The molecule has 98 valence electrons. The Bertz CT molecular complexity index is 438. The molecule has 0 radical (unpaired) electrons. The number of hydrogen-bond acceptors (Lipinski definition) is 3. The minimum atomic E-state index is -0.667. The summed E-state index contributed by atoms with van der Waals surface area (Å²) in [6.07, 6.45) is 2.05. The quantitative estimate of drug-likeness (QED) is 0.649. The zero-order valence-electron chi connectivity index (χ0n) is 10.3. The van der Waals surface area contributed by atoms with Crippen molar-refractivity contribution in [3.05, 3.63) is 41.5 Å². The summed E-state index contributed by atoms with van der Waals surface area (Å²) in [5.41, 5.74) is 0.260. The second kappa shape index (κ2) is 6.74. The molecule has 0 spiro atoms. The van der Waals surface area contributed by atoms with Gasteiger partial charge in [0.25, 0.3) is 0 Å². The largest absolute Gasteiger partial charge is 0.466 e. The molecule has 0 saturated carbocycles. The van der Waals surface area contributed by atoms with Crippen molar-refractivity contribution in [2.75, 3.05) is 19.0 Å². The monoisotopic (exact) mass is 255 g/mol. The Morgan fingerprint density at radius 2 is 2.00 bits per heavy atom. The van der Waals surface area contributed by atoms with Crippen LogP contribution in [0.25, 0.3) is 0 Å². The maximum atomic E-state index is 13.3. The van der Waals surface area contributed by atoms with Crippen LogP contribution in [-0.2, 0) is 9.53 Å². The van der Waals surface area contributed by atoms with Gasteiger partial charge in [-0.05, 0) is 18.6 Å². The standard InChI is InChI=1S/C13H15F2NO2/c1-3-9(13(17)18-2)7-8-16-12-10(14)5-4-6-11(12)15/h4-7,16H,3,8H2,1-2H3/b9-7-. The van der Waals surface area contributed by atoms with Gasteiger partial charge >= 0.3 is 5.97 Å². The zero-order chi connectivity index (χ0) is 13.5. The fourth-order valence-electron chi connectivity index (χ4n) is 1.45. The van der Waals surface area contributed by atoms with Crippen molar-refractivity contribution >= 4 is 11.7 Å². The SMILES string of the molecule is CC/C(=C/CNc1c(F)cccc1F)C(=O)OC. The number of carbonyl (C=O) groups is 1. The molecule has 0 atom stereocenters. The Morgan fingerprint density at radius 1 is 1.39 bits per heavy atom. The number of carbonyl (C=O) groups excluding carboxylic acids is 1. The van der Waals surface area contributed by atoms with Gasteiger partial charge in [0.1, 0.15) is 17.3 Å². The Hall–Kier alpha value is -1.91. The van der Waals surface area contributed by atoms with Crippen LogP contribution >= 0.6 is 0 Å². The van der Waals surface area contributed by atoms with Crippen molar-refractivity contribution in [1.29, 1.82) is 0 Å². The summed E-state index contributed by atoms with van der Waals surface area (Å²) >= 11 is 0. The fourth-order valence-corrected chi connectivity index (χ4v) is 1.45. The predicted octanol–water partition coefficient (Wildman–Crippen LogP) is 2.89. The molecule has 0 aliphatic heterocycles. The first-order chi connectivity index (χ1) is 8.60. The van der Waals surface area contributed by atoms with Gasteiger partial charge in [-0.25, -0.2) is 13.6 Å². The van der Waals surface area contributed by atoms with Gasteiger partial charge in [0.15, 0.2) is 0 Å². The minimum Gasteiger partial charge on any atom is -0.466 e. The molecular weight excluding hydrogens is 240 g/mol. The molecule has 5 heteroatoms. The molecule has 1 aromatic rings. The van der Waals surface area contributed by atoms with Crippen LogP contribution in [0.5, 0.6) is 0 Å². The van der Waals surface area contributed by atoms with Crippen molar-refractivity contribution in [2.45, 2.75) is 13.3 Å². The number of benzene rings is 1. The molecule has 0 aromatic heterocycles. The zero-order valence-corrected chi connectivity index (χ0v) is 10.3. The van der Waals surface area contributed by atoms with Crippen LogP contribution < -0.4 is 5.32 Å². The van der Waals surface area contributed by atoms with Crippen molar-refractivity contribution in [3.63, 3.8) is 0 Å². The molecule has 1 aromatic carbocycles. The lowest BCUT2D eigenvalue weighted by Gasteiger charge is -2.07. The number of esters is 1. The van der Waals surface area contributed by atoms with E-state index in [0.29, 0.717) is 12.0 Å². The maximum absolute atomic E-state index is 13.3. The summed E-state index contributed by atoms with van der Waals surface area (Å²) in [6.45, 7) is 1.95. The lowest BCUT2D eigenvalue weighted by Crippen LogP contribution is -2.08. The van der Waals surface area contributed by atoms with E-state index in [1.165, 1.54) is 13.2 Å². The summed E-state index contributed by atoms with van der Waals surface area (Å²) < 4.78 is 31.1. The van der Waals surface area contributed by atoms with Gasteiger partial charge < -0.3 is 10.1 Å². The van der Waals surface area contributed by atoms with Crippen molar-refractivity contribution in [3.8, 4) is 0 Å². The first-order valence-corrected chi connectivity index (χ1v) is 5.55. The average molecular weight is 255 g/mol. The average Bonchev–Trinajstić information content (AvgIpc) is 2.37. The third-order valence-corrected chi connectivity index (χ3v) is 2.42. The first-order valence-electron chi connectivity index (χ1n) is 5.55. The molecule has 0 aliphatic rings. The summed E-state index contributed by atoms with van der Waals surface area (Å²) in [5.74, 6) is -1.77. The van der Waals surface area contributed by atoms with E-state index in [9.17, 15) is 13.6 Å². The van der Waals surface area contributed by atoms with Crippen LogP contribution in [0.15, 0.2) is 29.8 Å². The number of rotatable bonds is 5. The van der Waals surface area contributed by atoms with E-state index < -0.39 is 17.6 Å². The number of anilines is 1. The number of para-hydroxylation sites is 1. The molecule has 0 fully saturated rings. The number of hydrogen-bond donors (Lipinski definition) is 1. The van der Waals surface area contributed by atoms with E-state index in [1.807, 2.05) is 0 Å². The van der Waals surface area contributed by atoms with Gasteiger partial charge in [0.05, 0.1) is 7.11 Å². The summed E-state index contributed by atoms with van der Waals surface area (Å²) in [7, 11) is 1.29. The highest BCUT2D eigenvalue weighted by molar-refractivity contribution is 5.88. The van der Waals surface area contributed by atoms with Crippen LogP contribution in [0.3, 0.4) is 0 Å². The normalized spacial score (nSPS) is 11.2. The van der Waals surface area contributed by atoms with Crippen LogP contribution in [0, 0.1) is 11.6 Å². The Kier molecular flexibility index (Phi) is 5.30. The maximum Gasteiger partial charge on any atom is 0.333 e. The molecule has 1 rings (SSSR count). The van der Waals surface area contributed by atoms with Gasteiger partial charge in [-0.3, -0.25) is 0 Å². The second-order valence-corrected chi connectivity index (χ2v) is 3.55. The smallest absolute Gasteiger partial charge is 0.333 e. The molecular formula is C13H15F2NO2. The van der Waals surface area contributed by atoms with Crippen molar-refractivity contribution in [2.24, 2.45) is 0 Å². The van der Waals surface area contributed by atoms with E-state index >= 15 is 0 Å². The number of nitrogens with one attached hydrogen (secondary N) is 1. The lowest BCUT2D eigenvalue weighted by molar-refractivity contribution is -0.136. The van der Waals surface area contributed by atoms with E-state index in [4.69, 9.17) is 0 Å². The van der Waals surface area contributed by atoms with Gasteiger partial charge in [-0.15, -0.1) is 0 Å². The molecule has 0 saturated heterocycles. The van der Waals surface area contributed by atoms with E-state index in [0.717, 1.165) is 12.1 Å². The van der Waals surface area contributed by atoms with E-state index in [-0.39, 0.29) is 12.2 Å². The third-order valence-electron chi connectivity index (χ3n) is 2.42. The highest BCUT2D eigenvalue weighted by atomic mass is 19.1. The summed E-state index contributed by atoms with van der Waals surface area (Å²) in [6, 6.07) is 3.62. The van der Waals surface area contributed by atoms with Gasteiger partial charge in [-0.2, -0.15) is 0 Å². The molecule has 0 heterocycles. The van der Waals surface area contributed by atoms with Crippen molar-refractivity contribution < 1.29 is 18.3 Å². The molecule has 0 aliphatic carbocycles. The van der Waals surface area contributed by atoms with Crippen LogP contribution in [0.2, 0.25) is 0 Å². The third kappa shape index (κ3) is 3.55. The highest BCUT2D eigenvalue weighted by Gasteiger charge is 2.08. The molecule has 0 amide bonds. The molecule has 0 unspecified atom stereocenters. The highest BCUT2D eigenvalue weighted by Crippen LogP contribution is 2.17. The minimum absolute atomic E-state index is 0.149. The molecule has 3 nitrogen and oxygen atoms in total. The topological polar surface area (TPSA) is 38.3 Å². The van der Waals surface area contributed by atoms with Crippen LogP contribution in [-0.4, -0.2) is 19.6 Å². The summed E-state index contributed by atoms with van der Waals surface area (Å²) in [4.78, 5) is 11.3. The first kappa shape index (κ1) is 14.2. The second-order valence-electron chi connectivity index (χ2n) is 3.55. The van der Waals surface area contributed by atoms with Gasteiger partial charge in [0.2, 0.25) is 0 Å². The number of methoxy groups -OCH3 is 1. The van der Waals surface area contributed by atoms with Gasteiger partial charge in [0, 0.05) is 12.1 Å². The van der Waals surface area contributed by atoms with Gasteiger partial charge in [-0.1, -0.05) is 19.1 Å². The number of ether oxygens (including phenoxy) is 1. The Labute approximate surface area is 104 Å². The molecule has 0 bridgehead atoms. The molecule has 1 N–H and O–H groups in total. The fraction of sp³-hybridized carbons (Fsp3) is 0.308. The number of halogens is 2. The molecule has 18 heavy (non-hydrogen) atoms. The predicted molar refractivity (Wildman–Crippen MR) is 65.2 cm³/mol. The lowest BCUT2D eigenvalue weighted by atomic mass is 10.2.